The van der Waals surface area contributed by atoms with Crippen LogP contribution in [0, 0.1) is 0 Å². The van der Waals surface area contributed by atoms with Gasteiger partial charge in [0.1, 0.15) is 17.8 Å². The molecule has 1 N–H and O–H groups in total. The first-order valence-electron chi connectivity index (χ1n) is 9.72. The molecule has 0 bridgehead atoms. The van der Waals surface area contributed by atoms with E-state index < -0.39 is 5.79 Å². The number of carbonyl (C=O) groups is 1. The summed E-state index contributed by atoms with van der Waals surface area (Å²) in [7, 11) is 0. The fourth-order valence-corrected chi connectivity index (χ4v) is 3.81. The molecule has 0 radical (unpaired) electrons. The highest BCUT2D eigenvalue weighted by Gasteiger charge is 2.41. The van der Waals surface area contributed by atoms with Crippen LogP contribution in [0.4, 0.5) is 5.82 Å². The Balaban J connectivity index is 1.21. The van der Waals surface area contributed by atoms with Crippen molar-refractivity contribution < 1.29 is 23.7 Å². The Kier molecular flexibility index (Phi) is 4.69. The highest BCUT2D eigenvalue weighted by atomic mass is 16.7. The molecular formula is C20H22N4O5. The third kappa shape index (κ3) is 3.70. The van der Waals surface area contributed by atoms with Crippen LogP contribution >= 0.6 is 0 Å². The second-order valence-electron chi connectivity index (χ2n) is 7.23. The number of carbonyl (C=O) groups excluding carboxylic acids is 1. The van der Waals surface area contributed by atoms with Crippen LogP contribution in [0.25, 0.3) is 0 Å². The smallest absolute Gasteiger partial charge is 0.272 e. The first-order chi connectivity index (χ1) is 14.2. The zero-order valence-electron chi connectivity index (χ0n) is 15.9. The Morgan fingerprint density at radius 1 is 1.07 bits per heavy atom. The average molecular weight is 398 g/mol. The number of hydrogen-bond acceptors (Lipinski definition) is 8. The summed E-state index contributed by atoms with van der Waals surface area (Å²) < 4.78 is 22.2. The SMILES string of the molecule is O=C(c1cc(NCc2ccc3c(c2)OCO3)ncn1)N1CCC2(CC1)OCCO2. The molecule has 2 fully saturated rings. The molecule has 1 amide bonds. The van der Waals surface area contributed by atoms with E-state index in [9.17, 15) is 4.79 Å². The molecule has 152 valence electrons. The van der Waals surface area contributed by atoms with Gasteiger partial charge in [-0.05, 0) is 17.7 Å². The zero-order chi connectivity index (χ0) is 19.7. The highest BCUT2D eigenvalue weighted by molar-refractivity contribution is 5.93. The van der Waals surface area contributed by atoms with Gasteiger partial charge in [-0.3, -0.25) is 4.79 Å². The Labute approximate surface area is 167 Å². The molecule has 2 aromatic rings. The fraction of sp³-hybridized carbons (Fsp3) is 0.450. The van der Waals surface area contributed by atoms with Crippen molar-refractivity contribution in [2.75, 3.05) is 38.4 Å². The highest BCUT2D eigenvalue weighted by Crippen LogP contribution is 2.33. The molecule has 29 heavy (non-hydrogen) atoms. The van der Waals surface area contributed by atoms with Crippen molar-refractivity contribution in [2.45, 2.75) is 25.2 Å². The third-order valence-electron chi connectivity index (χ3n) is 5.42. The van der Waals surface area contributed by atoms with Crippen LogP contribution in [0.1, 0.15) is 28.9 Å². The minimum Gasteiger partial charge on any atom is -0.454 e. The lowest BCUT2D eigenvalue weighted by Crippen LogP contribution is -2.47. The van der Waals surface area contributed by atoms with Gasteiger partial charge in [0.05, 0.1) is 13.2 Å². The van der Waals surface area contributed by atoms with Gasteiger partial charge in [0.15, 0.2) is 17.3 Å². The summed E-state index contributed by atoms with van der Waals surface area (Å²) in [4.78, 5) is 23.0. The van der Waals surface area contributed by atoms with Gasteiger partial charge < -0.3 is 29.2 Å². The van der Waals surface area contributed by atoms with Crippen LogP contribution in [0.5, 0.6) is 11.5 Å². The molecule has 1 aromatic carbocycles. The number of aromatic nitrogens is 2. The number of nitrogens with one attached hydrogen (secondary N) is 1. The summed E-state index contributed by atoms with van der Waals surface area (Å²) in [5.41, 5.74) is 1.40. The number of amides is 1. The lowest BCUT2D eigenvalue weighted by molar-refractivity contribution is -0.181. The van der Waals surface area contributed by atoms with Crippen LogP contribution in [-0.2, 0) is 16.0 Å². The molecule has 4 heterocycles. The molecule has 1 aromatic heterocycles. The van der Waals surface area contributed by atoms with E-state index in [2.05, 4.69) is 15.3 Å². The maximum Gasteiger partial charge on any atom is 0.272 e. The molecule has 9 heteroatoms. The lowest BCUT2D eigenvalue weighted by atomic mass is 10.0. The van der Waals surface area contributed by atoms with Crippen LogP contribution in [0.3, 0.4) is 0 Å². The van der Waals surface area contributed by atoms with Gasteiger partial charge in [0.2, 0.25) is 6.79 Å². The monoisotopic (exact) mass is 398 g/mol. The van der Waals surface area contributed by atoms with Crippen LogP contribution in [0.2, 0.25) is 0 Å². The van der Waals surface area contributed by atoms with Gasteiger partial charge in [-0.25, -0.2) is 9.97 Å². The van der Waals surface area contributed by atoms with Gasteiger partial charge in [0, 0.05) is 38.5 Å². The first kappa shape index (κ1) is 18.1. The second kappa shape index (κ2) is 7.49. The number of ether oxygens (including phenoxy) is 4. The van der Waals surface area contributed by atoms with E-state index in [1.54, 1.807) is 11.0 Å². The minimum atomic E-state index is -0.500. The van der Waals surface area contributed by atoms with E-state index in [-0.39, 0.29) is 12.7 Å². The largest absolute Gasteiger partial charge is 0.454 e. The van der Waals surface area contributed by atoms with E-state index in [0.717, 1.165) is 17.1 Å². The van der Waals surface area contributed by atoms with Gasteiger partial charge in [-0.1, -0.05) is 6.07 Å². The molecule has 3 aliphatic heterocycles. The molecule has 0 saturated carbocycles. The average Bonchev–Trinajstić information content (AvgIpc) is 3.42. The summed E-state index contributed by atoms with van der Waals surface area (Å²) in [6.07, 6.45) is 2.77. The Bertz CT molecular complexity index is 905. The molecule has 5 rings (SSSR count). The molecule has 1 spiro atoms. The summed E-state index contributed by atoms with van der Waals surface area (Å²) in [6, 6.07) is 7.46. The predicted molar refractivity (Wildman–Crippen MR) is 102 cm³/mol. The zero-order valence-corrected chi connectivity index (χ0v) is 15.9. The Hall–Kier alpha value is -2.91. The summed E-state index contributed by atoms with van der Waals surface area (Å²) >= 11 is 0. The second-order valence-corrected chi connectivity index (χ2v) is 7.23. The van der Waals surface area contributed by atoms with Crippen molar-refractivity contribution in [3.05, 3.63) is 41.9 Å². The van der Waals surface area contributed by atoms with Crippen molar-refractivity contribution in [3.8, 4) is 11.5 Å². The molecular weight excluding hydrogens is 376 g/mol. The first-order valence-corrected chi connectivity index (χ1v) is 9.72. The topological polar surface area (TPSA) is 95.0 Å². The van der Waals surface area contributed by atoms with E-state index >= 15 is 0 Å². The van der Waals surface area contributed by atoms with Crippen molar-refractivity contribution in [1.29, 1.82) is 0 Å². The van der Waals surface area contributed by atoms with E-state index in [4.69, 9.17) is 18.9 Å². The number of benzene rings is 1. The summed E-state index contributed by atoms with van der Waals surface area (Å²) in [5, 5.41) is 3.23. The molecule has 9 nitrogen and oxygen atoms in total. The molecule has 2 saturated heterocycles. The Morgan fingerprint density at radius 3 is 2.69 bits per heavy atom. The third-order valence-corrected chi connectivity index (χ3v) is 5.42. The molecule has 3 aliphatic rings. The number of hydrogen-bond donors (Lipinski definition) is 1. The minimum absolute atomic E-state index is 0.105. The van der Waals surface area contributed by atoms with Crippen LogP contribution in [-0.4, -0.2) is 59.7 Å². The maximum absolute atomic E-state index is 12.9. The molecule has 0 aliphatic carbocycles. The van der Waals surface area contributed by atoms with Crippen molar-refractivity contribution in [3.63, 3.8) is 0 Å². The normalized spacial score (nSPS) is 19.5. The molecule has 0 atom stereocenters. The van der Waals surface area contributed by atoms with Crippen molar-refractivity contribution in [1.82, 2.24) is 14.9 Å². The van der Waals surface area contributed by atoms with Gasteiger partial charge >= 0.3 is 0 Å². The van der Waals surface area contributed by atoms with Gasteiger partial charge in [-0.2, -0.15) is 0 Å². The van der Waals surface area contributed by atoms with Crippen LogP contribution < -0.4 is 14.8 Å². The number of likely N-dealkylation sites (tertiary alicyclic amines) is 1. The maximum atomic E-state index is 12.9. The number of anilines is 1. The van der Waals surface area contributed by atoms with Crippen molar-refractivity contribution in [2.24, 2.45) is 0 Å². The summed E-state index contributed by atoms with van der Waals surface area (Å²) in [5.74, 6) is 1.48. The van der Waals surface area contributed by atoms with Gasteiger partial charge in [0.25, 0.3) is 5.91 Å². The van der Waals surface area contributed by atoms with Crippen LogP contribution in [0.15, 0.2) is 30.6 Å². The standard InChI is InChI=1S/C20H22N4O5/c25-19(24-5-3-20(4-6-24)28-7-8-29-20)15-10-18(23-12-22-15)21-11-14-1-2-16-17(9-14)27-13-26-16/h1-2,9-10,12H,3-8,11,13H2,(H,21,22,23). The number of nitrogens with zero attached hydrogens (tertiary/aromatic N) is 3. The Morgan fingerprint density at radius 2 is 1.86 bits per heavy atom. The van der Waals surface area contributed by atoms with E-state index in [1.165, 1.54) is 6.33 Å². The number of piperidine rings is 1. The van der Waals surface area contributed by atoms with Crippen molar-refractivity contribution >= 4 is 11.7 Å². The fourth-order valence-electron chi connectivity index (χ4n) is 3.81. The van der Waals surface area contributed by atoms with E-state index in [1.807, 2.05) is 18.2 Å². The predicted octanol–water partition coefficient (Wildman–Crippen LogP) is 1.80. The lowest BCUT2D eigenvalue weighted by Gasteiger charge is -2.37. The quantitative estimate of drug-likeness (QED) is 0.833. The number of fused-ring (bicyclic) bond motifs is 1. The molecule has 0 unspecified atom stereocenters. The van der Waals surface area contributed by atoms with Gasteiger partial charge in [-0.15, -0.1) is 0 Å². The number of rotatable bonds is 4. The van der Waals surface area contributed by atoms with E-state index in [0.29, 0.717) is 57.2 Å². The summed E-state index contributed by atoms with van der Waals surface area (Å²) in [6.45, 7) is 3.21.